The van der Waals surface area contributed by atoms with Crippen LogP contribution in [0, 0.1) is 0 Å². The van der Waals surface area contributed by atoms with Crippen LogP contribution in [0.3, 0.4) is 0 Å². The fourth-order valence-electron chi connectivity index (χ4n) is 5.21. The molecule has 1 aliphatic heterocycles. The summed E-state index contributed by atoms with van der Waals surface area (Å²) in [5.74, 6) is -4.95. The molecule has 1 heterocycles. The first kappa shape index (κ1) is 57.1. The Hall–Kier alpha value is -4.85. The molecular formula is C42H68O20. The van der Waals surface area contributed by atoms with Crippen molar-refractivity contribution in [2.45, 2.75) is 194 Å². The molecule has 356 valence electrons. The zero-order chi connectivity index (χ0) is 47.5. The number of carbonyl (C=O) groups is 9. The quantitative estimate of drug-likeness (QED) is 0.110. The van der Waals surface area contributed by atoms with E-state index in [9.17, 15) is 43.2 Å². The zero-order valence-electron chi connectivity index (χ0n) is 38.2. The standard InChI is InChI=1S/C30H50O14.C12H18O6/c1-18(40-28(34)15-22(5)44-30(36)17-24(7)43-27(33)13-20(3)38-9)10-11-39-25(31)14-21(4)41-29(35)16-23(6)42-26(32)12-19(2)37-8;1-7-4-10(13)17-9(3)6-12(15)18-8(2)5-11(14)16-7/h18-24H,10-17H2,1-9H3;7-9H,4-6H2,1-3H3/t18-,19-,20-,21-,22-,23-,24-;7-,8-,9-/m11/s1. The van der Waals surface area contributed by atoms with E-state index in [1.807, 2.05) is 0 Å². The highest BCUT2D eigenvalue weighted by molar-refractivity contribution is 5.76. The monoisotopic (exact) mass is 892 g/mol. The van der Waals surface area contributed by atoms with Gasteiger partial charge in [-0.25, -0.2) is 0 Å². The maximum Gasteiger partial charge on any atom is 0.309 e. The number of cyclic esters (lactones) is 3. The van der Waals surface area contributed by atoms with E-state index in [-0.39, 0.29) is 83.0 Å². The van der Waals surface area contributed by atoms with Gasteiger partial charge in [-0.1, -0.05) is 0 Å². The normalized spacial score (nSPS) is 20.3. The van der Waals surface area contributed by atoms with Gasteiger partial charge in [-0.2, -0.15) is 0 Å². The summed E-state index contributed by atoms with van der Waals surface area (Å²) < 4.78 is 56.1. The first-order valence-electron chi connectivity index (χ1n) is 20.7. The summed E-state index contributed by atoms with van der Waals surface area (Å²) in [5.41, 5.74) is 0. The Bertz CT molecular complexity index is 1370. The van der Waals surface area contributed by atoms with Crippen LogP contribution in [0.25, 0.3) is 0 Å². The highest BCUT2D eigenvalue weighted by Crippen LogP contribution is 2.13. The summed E-state index contributed by atoms with van der Waals surface area (Å²) in [6.07, 6.45) is -6.19. The fraction of sp³-hybridized carbons (Fsp3) is 0.786. The summed E-state index contributed by atoms with van der Waals surface area (Å²) in [5, 5.41) is 0. The van der Waals surface area contributed by atoms with Crippen LogP contribution in [0.4, 0.5) is 0 Å². The van der Waals surface area contributed by atoms with Gasteiger partial charge in [-0.15, -0.1) is 0 Å². The molecule has 0 unspecified atom stereocenters. The van der Waals surface area contributed by atoms with Crippen LogP contribution in [-0.2, 0) is 95.3 Å². The fourth-order valence-corrected chi connectivity index (χ4v) is 5.21. The smallest absolute Gasteiger partial charge is 0.309 e. The van der Waals surface area contributed by atoms with E-state index in [1.54, 1.807) is 55.4 Å². The van der Waals surface area contributed by atoms with Gasteiger partial charge in [0.1, 0.15) is 48.8 Å². The van der Waals surface area contributed by atoms with Crippen molar-refractivity contribution in [1.29, 1.82) is 0 Å². The van der Waals surface area contributed by atoms with E-state index in [2.05, 4.69) is 0 Å². The van der Waals surface area contributed by atoms with Crippen molar-refractivity contribution in [2.75, 3.05) is 20.8 Å². The highest BCUT2D eigenvalue weighted by atomic mass is 16.6. The van der Waals surface area contributed by atoms with E-state index in [4.69, 9.17) is 52.1 Å². The number of rotatable bonds is 22. The Kier molecular flexibility index (Phi) is 28.6. The molecule has 0 bridgehead atoms. The van der Waals surface area contributed by atoms with Crippen molar-refractivity contribution in [3.8, 4) is 0 Å². The summed E-state index contributed by atoms with van der Waals surface area (Å²) in [6.45, 7) is 16.1. The van der Waals surface area contributed by atoms with Gasteiger partial charge in [-0.3, -0.25) is 43.2 Å². The first-order valence-corrected chi connectivity index (χ1v) is 20.7. The predicted molar refractivity (Wildman–Crippen MR) is 215 cm³/mol. The van der Waals surface area contributed by atoms with Crippen molar-refractivity contribution in [1.82, 2.24) is 0 Å². The lowest BCUT2D eigenvalue weighted by Gasteiger charge is -2.20. The SMILES string of the molecule is CO[C@H](C)CC(=O)O[C@H](C)CC(=O)O[C@H](C)CC(=O)OCC[C@@H](C)OC(=O)C[C@@H](C)OC(=O)C[C@@H](C)OC(=O)C[C@@H](C)OC.C[C@@H]1CC(=O)O[C@H](C)CC(=O)O[C@H](C)CC(=O)O1. The van der Waals surface area contributed by atoms with Gasteiger partial charge in [-0.05, 0) is 69.2 Å². The van der Waals surface area contributed by atoms with Gasteiger partial charge in [0.05, 0.1) is 76.6 Å². The van der Waals surface area contributed by atoms with Gasteiger partial charge in [0.15, 0.2) is 0 Å². The topological polar surface area (TPSA) is 255 Å². The van der Waals surface area contributed by atoms with Crippen LogP contribution in [0.2, 0.25) is 0 Å². The molecule has 1 rings (SSSR count). The summed E-state index contributed by atoms with van der Waals surface area (Å²) in [4.78, 5) is 106. The molecule has 0 aromatic rings. The van der Waals surface area contributed by atoms with Gasteiger partial charge < -0.3 is 52.1 Å². The highest BCUT2D eigenvalue weighted by Gasteiger charge is 2.25. The van der Waals surface area contributed by atoms with Crippen LogP contribution >= 0.6 is 0 Å². The number of hydrogen-bond acceptors (Lipinski definition) is 20. The second-order valence-corrected chi connectivity index (χ2v) is 15.3. The summed E-state index contributed by atoms with van der Waals surface area (Å²) >= 11 is 0. The first-order chi connectivity index (χ1) is 28.9. The Morgan fingerprint density at radius 2 is 0.677 bits per heavy atom. The van der Waals surface area contributed by atoms with Crippen LogP contribution < -0.4 is 0 Å². The van der Waals surface area contributed by atoms with Gasteiger partial charge in [0.25, 0.3) is 0 Å². The lowest BCUT2D eigenvalue weighted by atomic mass is 10.2. The number of methoxy groups -OCH3 is 2. The van der Waals surface area contributed by atoms with Crippen molar-refractivity contribution >= 4 is 53.7 Å². The van der Waals surface area contributed by atoms with Gasteiger partial charge in [0.2, 0.25) is 0 Å². The van der Waals surface area contributed by atoms with Gasteiger partial charge >= 0.3 is 53.7 Å². The van der Waals surface area contributed by atoms with E-state index in [1.165, 1.54) is 28.1 Å². The van der Waals surface area contributed by atoms with E-state index in [0.717, 1.165) is 0 Å². The Morgan fingerprint density at radius 1 is 0.435 bits per heavy atom. The van der Waals surface area contributed by atoms with Crippen molar-refractivity contribution < 1.29 is 95.3 Å². The van der Waals surface area contributed by atoms with E-state index in [0.29, 0.717) is 0 Å². The average Bonchev–Trinajstić information content (AvgIpc) is 3.09. The molecule has 1 saturated heterocycles. The molecule has 1 aliphatic rings. The zero-order valence-corrected chi connectivity index (χ0v) is 38.2. The lowest BCUT2D eigenvalue weighted by molar-refractivity contribution is -0.167. The third-order valence-electron chi connectivity index (χ3n) is 8.34. The van der Waals surface area contributed by atoms with Crippen LogP contribution in [-0.4, -0.2) is 136 Å². The van der Waals surface area contributed by atoms with Crippen molar-refractivity contribution in [2.24, 2.45) is 0 Å². The van der Waals surface area contributed by atoms with Crippen LogP contribution in [0.1, 0.15) is 133 Å². The molecule has 0 saturated carbocycles. The molecule has 1 fully saturated rings. The third-order valence-corrected chi connectivity index (χ3v) is 8.34. The molecular weight excluding hydrogens is 824 g/mol. The van der Waals surface area contributed by atoms with Crippen LogP contribution in [0.15, 0.2) is 0 Å². The molecule has 20 heteroatoms. The van der Waals surface area contributed by atoms with Crippen molar-refractivity contribution in [3.63, 3.8) is 0 Å². The molecule has 0 aliphatic carbocycles. The molecule has 10 atom stereocenters. The maximum absolute atomic E-state index is 12.2. The maximum atomic E-state index is 12.2. The van der Waals surface area contributed by atoms with E-state index < -0.39 is 103 Å². The number of esters is 9. The second kappa shape index (κ2) is 31.1. The summed E-state index contributed by atoms with van der Waals surface area (Å²) in [7, 11) is 2.95. The molecule has 0 aromatic heterocycles. The molecule has 0 amide bonds. The minimum Gasteiger partial charge on any atom is -0.465 e. The molecule has 0 N–H and O–H groups in total. The summed E-state index contributed by atoms with van der Waals surface area (Å²) in [6, 6.07) is 0. The minimum atomic E-state index is -0.768. The van der Waals surface area contributed by atoms with E-state index >= 15 is 0 Å². The van der Waals surface area contributed by atoms with Crippen molar-refractivity contribution in [3.05, 3.63) is 0 Å². The second-order valence-electron chi connectivity index (χ2n) is 15.3. The molecule has 0 spiro atoms. The minimum absolute atomic E-state index is 0.0144. The molecule has 62 heavy (non-hydrogen) atoms. The van der Waals surface area contributed by atoms with Gasteiger partial charge in [0, 0.05) is 20.6 Å². The van der Waals surface area contributed by atoms with Crippen LogP contribution in [0.5, 0.6) is 0 Å². The predicted octanol–water partition coefficient (Wildman–Crippen LogP) is 3.95. The number of carbonyl (C=O) groups excluding carboxylic acids is 9. The Balaban J connectivity index is 0.00000171. The molecule has 0 radical (unpaired) electrons. The molecule has 0 aromatic carbocycles. The number of ether oxygens (including phenoxy) is 11. The lowest BCUT2D eigenvalue weighted by Crippen LogP contribution is -2.29. The Labute approximate surface area is 363 Å². The molecule has 20 nitrogen and oxygen atoms in total. The Morgan fingerprint density at radius 3 is 0.952 bits per heavy atom. The third kappa shape index (κ3) is 30.2. The average molecular weight is 893 g/mol. The number of hydrogen-bond donors (Lipinski definition) is 0. The largest absolute Gasteiger partial charge is 0.465 e.